The fourth-order valence-corrected chi connectivity index (χ4v) is 2.81. The lowest BCUT2D eigenvalue weighted by Gasteiger charge is -2.18. The number of ketones is 1. The lowest BCUT2D eigenvalue weighted by Crippen LogP contribution is -2.30. The minimum absolute atomic E-state index is 0.0775. The molecular formula is C19H22N4O2. The molecule has 1 atom stereocenters. The Morgan fingerprint density at radius 1 is 1.24 bits per heavy atom. The van der Waals surface area contributed by atoms with Crippen LogP contribution in [-0.2, 0) is 0 Å². The number of aromatic amines is 2. The van der Waals surface area contributed by atoms with Gasteiger partial charge in [0.15, 0.2) is 5.78 Å². The Hall–Kier alpha value is -2.89. The lowest BCUT2D eigenvalue weighted by atomic mass is 10.0. The Bertz CT molecular complexity index is 874. The Labute approximate surface area is 146 Å². The maximum atomic E-state index is 12.6. The Morgan fingerprint density at radius 3 is 2.64 bits per heavy atom. The standard InChI is InChI=1S/C19H22N4O2/c1-11(2)8-16(18-21-14-6-4-5-7-15(14)22-18)23-19(25)17-9-13(10-20-17)12(3)24/h4-7,9-11,16,20H,8H2,1-3H3,(H,21,22)(H,23,25)/t16-/m0/s1. The predicted molar refractivity (Wildman–Crippen MR) is 96.6 cm³/mol. The highest BCUT2D eigenvalue weighted by Gasteiger charge is 2.21. The van der Waals surface area contributed by atoms with Crippen LogP contribution in [-0.4, -0.2) is 26.6 Å². The van der Waals surface area contributed by atoms with Crippen molar-refractivity contribution in [3.05, 3.63) is 53.6 Å². The second kappa shape index (κ2) is 6.93. The second-order valence-corrected chi connectivity index (χ2v) is 6.65. The Kier molecular flexibility index (Phi) is 4.70. The maximum absolute atomic E-state index is 12.6. The average molecular weight is 338 g/mol. The van der Waals surface area contributed by atoms with E-state index in [0.29, 0.717) is 17.2 Å². The highest BCUT2D eigenvalue weighted by molar-refractivity contribution is 5.99. The summed E-state index contributed by atoms with van der Waals surface area (Å²) in [5.74, 6) is 0.793. The molecule has 130 valence electrons. The summed E-state index contributed by atoms with van der Waals surface area (Å²) in [6, 6.07) is 9.12. The third-order valence-electron chi connectivity index (χ3n) is 4.08. The zero-order valence-electron chi connectivity index (χ0n) is 14.6. The first-order chi connectivity index (χ1) is 11.9. The number of hydrogen-bond acceptors (Lipinski definition) is 3. The third kappa shape index (κ3) is 3.79. The van der Waals surface area contributed by atoms with Crippen LogP contribution in [0.25, 0.3) is 11.0 Å². The number of carbonyl (C=O) groups is 2. The molecule has 0 unspecified atom stereocenters. The molecule has 6 nitrogen and oxygen atoms in total. The Morgan fingerprint density at radius 2 is 2.00 bits per heavy atom. The largest absolute Gasteiger partial charge is 0.356 e. The summed E-state index contributed by atoms with van der Waals surface area (Å²) in [5, 5.41) is 3.02. The molecule has 0 aliphatic carbocycles. The number of carbonyl (C=O) groups excluding carboxylic acids is 2. The van der Waals surface area contributed by atoms with Gasteiger partial charge in [-0.3, -0.25) is 9.59 Å². The number of imidazole rings is 1. The minimum Gasteiger partial charge on any atom is -0.356 e. The Balaban J connectivity index is 1.84. The number of amides is 1. The number of nitrogens with one attached hydrogen (secondary N) is 3. The summed E-state index contributed by atoms with van der Waals surface area (Å²) in [4.78, 5) is 34.7. The molecule has 25 heavy (non-hydrogen) atoms. The van der Waals surface area contributed by atoms with Gasteiger partial charge in [0.05, 0.1) is 17.1 Å². The van der Waals surface area contributed by atoms with Gasteiger partial charge in [-0.2, -0.15) is 0 Å². The molecular weight excluding hydrogens is 316 g/mol. The molecule has 1 amide bonds. The van der Waals surface area contributed by atoms with Crippen molar-refractivity contribution >= 4 is 22.7 Å². The van der Waals surface area contributed by atoms with Gasteiger partial charge in [0.25, 0.3) is 5.91 Å². The molecule has 0 saturated heterocycles. The van der Waals surface area contributed by atoms with E-state index >= 15 is 0 Å². The molecule has 0 bridgehead atoms. The van der Waals surface area contributed by atoms with Crippen LogP contribution in [0.2, 0.25) is 0 Å². The number of nitrogens with zero attached hydrogens (tertiary/aromatic N) is 1. The van der Waals surface area contributed by atoms with Gasteiger partial charge >= 0.3 is 0 Å². The number of hydrogen-bond donors (Lipinski definition) is 3. The van der Waals surface area contributed by atoms with Crippen molar-refractivity contribution in [3.63, 3.8) is 0 Å². The van der Waals surface area contributed by atoms with Crippen LogP contribution in [0, 0.1) is 5.92 Å². The molecule has 3 rings (SSSR count). The molecule has 3 N–H and O–H groups in total. The molecule has 0 radical (unpaired) electrons. The summed E-state index contributed by atoms with van der Waals surface area (Å²) in [6.45, 7) is 5.68. The van der Waals surface area contributed by atoms with Crippen LogP contribution in [0.5, 0.6) is 0 Å². The minimum atomic E-state index is -0.251. The van der Waals surface area contributed by atoms with Gasteiger partial charge < -0.3 is 15.3 Å². The highest BCUT2D eigenvalue weighted by Crippen LogP contribution is 2.22. The number of aromatic nitrogens is 3. The molecule has 0 saturated carbocycles. The van der Waals surface area contributed by atoms with E-state index in [4.69, 9.17) is 0 Å². The van der Waals surface area contributed by atoms with Gasteiger partial charge in [-0.15, -0.1) is 0 Å². The van der Waals surface area contributed by atoms with Crippen LogP contribution >= 0.6 is 0 Å². The van der Waals surface area contributed by atoms with Gasteiger partial charge in [-0.25, -0.2) is 4.98 Å². The van der Waals surface area contributed by atoms with Crippen LogP contribution in [0.3, 0.4) is 0 Å². The van der Waals surface area contributed by atoms with Crippen LogP contribution in [0.1, 0.15) is 59.9 Å². The monoisotopic (exact) mass is 338 g/mol. The average Bonchev–Trinajstić information content (AvgIpc) is 3.20. The van der Waals surface area contributed by atoms with Crippen molar-refractivity contribution in [2.24, 2.45) is 5.92 Å². The summed E-state index contributed by atoms with van der Waals surface area (Å²) in [5.41, 5.74) is 2.68. The molecule has 2 aromatic heterocycles. The number of fused-ring (bicyclic) bond motifs is 1. The van der Waals surface area contributed by atoms with Crippen molar-refractivity contribution in [3.8, 4) is 0 Å². The second-order valence-electron chi connectivity index (χ2n) is 6.65. The molecule has 0 aliphatic heterocycles. The SMILES string of the molecule is CC(=O)c1c[nH]c(C(=O)N[C@@H](CC(C)C)c2nc3ccccc3[nH]2)c1. The predicted octanol–water partition coefficient (Wildman–Crippen LogP) is 3.61. The van der Waals surface area contributed by atoms with Crippen LogP contribution in [0.15, 0.2) is 36.5 Å². The molecule has 0 spiro atoms. The summed E-state index contributed by atoms with van der Waals surface area (Å²) in [6.07, 6.45) is 2.31. The number of benzene rings is 1. The molecule has 0 fully saturated rings. The fraction of sp³-hybridized carbons (Fsp3) is 0.316. The third-order valence-corrected chi connectivity index (χ3v) is 4.08. The zero-order valence-corrected chi connectivity index (χ0v) is 14.6. The van der Waals surface area contributed by atoms with Crippen LogP contribution in [0.4, 0.5) is 0 Å². The summed E-state index contributed by atoms with van der Waals surface area (Å²) < 4.78 is 0. The first-order valence-electron chi connectivity index (χ1n) is 8.39. The van der Waals surface area contributed by atoms with E-state index in [9.17, 15) is 9.59 Å². The van der Waals surface area contributed by atoms with E-state index in [-0.39, 0.29) is 17.7 Å². The number of para-hydroxylation sites is 2. The maximum Gasteiger partial charge on any atom is 0.268 e. The van der Waals surface area contributed by atoms with E-state index in [1.54, 1.807) is 12.3 Å². The summed E-state index contributed by atoms with van der Waals surface area (Å²) in [7, 11) is 0. The van der Waals surface area contributed by atoms with Crippen molar-refractivity contribution < 1.29 is 9.59 Å². The molecule has 2 heterocycles. The quantitative estimate of drug-likeness (QED) is 0.600. The van der Waals surface area contributed by atoms with Crippen molar-refractivity contribution in [1.29, 1.82) is 0 Å². The first kappa shape index (κ1) is 17.0. The van der Waals surface area contributed by atoms with Gasteiger partial charge in [0.1, 0.15) is 11.5 Å². The van der Waals surface area contributed by atoms with Gasteiger partial charge in [-0.1, -0.05) is 26.0 Å². The van der Waals surface area contributed by atoms with Crippen molar-refractivity contribution in [2.45, 2.75) is 33.2 Å². The zero-order chi connectivity index (χ0) is 18.0. The van der Waals surface area contributed by atoms with E-state index in [0.717, 1.165) is 23.3 Å². The van der Waals surface area contributed by atoms with Crippen molar-refractivity contribution in [1.82, 2.24) is 20.3 Å². The van der Waals surface area contributed by atoms with Gasteiger partial charge in [-0.05, 0) is 37.5 Å². The number of Topliss-reactive ketones (excluding diaryl/α,β-unsaturated/α-hetero) is 1. The molecule has 6 heteroatoms. The van der Waals surface area contributed by atoms with Crippen LogP contribution < -0.4 is 5.32 Å². The van der Waals surface area contributed by atoms with E-state index in [1.165, 1.54) is 6.92 Å². The highest BCUT2D eigenvalue weighted by atomic mass is 16.2. The fourth-order valence-electron chi connectivity index (χ4n) is 2.81. The van der Waals surface area contributed by atoms with E-state index in [2.05, 4.69) is 34.1 Å². The molecule has 3 aromatic rings. The van der Waals surface area contributed by atoms with Crippen molar-refractivity contribution in [2.75, 3.05) is 0 Å². The normalized spacial score (nSPS) is 12.5. The number of rotatable bonds is 6. The van der Waals surface area contributed by atoms with Gasteiger partial charge in [0, 0.05) is 11.8 Å². The molecule has 1 aromatic carbocycles. The van der Waals surface area contributed by atoms with E-state index < -0.39 is 0 Å². The number of H-pyrrole nitrogens is 2. The van der Waals surface area contributed by atoms with E-state index in [1.807, 2.05) is 24.3 Å². The van der Waals surface area contributed by atoms with Gasteiger partial charge in [0.2, 0.25) is 0 Å². The first-order valence-corrected chi connectivity index (χ1v) is 8.39. The lowest BCUT2D eigenvalue weighted by molar-refractivity contribution is 0.0925. The molecule has 0 aliphatic rings. The summed E-state index contributed by atoms with van der Waals surface area (Å²) >= 11 is 0. The topological polar surface area (TPSA) is 90.6 Å². The smallest absolute Gasteiger partial charge is 0.268 e.